The van der Waals surface area contributed by atoms with Gasteiger partial charge in [0.1, 0.15) is 0 Å². The first kappa shape index (κ1) is 28.7. The van der Waals surface area contributed by atoms with E-state index in [-0.39, 0.29) is 0 Å². The van der Waals surface area contributed by atoms with Crippen LogP contribution in [0.25, 0.3) is 0 Å². The lowest BCUT2D eigenvalue weighted by atomic mass is 9.97. The maximum absolute atomic E-state index is 6.00. The lowest BCUT2D eigenvalue weighted by Gasteiger charge is -2.11. The molecule has 0 unspecified atom stereocenters. The zero-order valence-electron chi connectivity index (χ0n) is 22.4. The molecule has 33 heavy (non-hydrogen) atoms. The summed E-state index contributed by atoms with van der Waals surface area (Å²) in [6.45, 7) is 1.94. The standard InChI is InChI=1S/C32H58O/c1-3-7-11-15-23-31(24-16-12-8-4-1)27-19-21-29-33-30-22-20-28-32-25-17-13-9-5-2-6-10-14-18-26-32/h23,25H,1-22,24,26-30H2. The van der Waals surface area contributed by atoms with Crippen molar-refractivity contribution >= 4 is 0 Å². The van der Waals surface area contributed by atoms with Crippen molar-refractivity contribution in [2.45, 2.75) is 167 Å². The monoisotopic (exact) mass is 458 g/mol. The molecule has 0 heterocycles. The molecule has 0 fully saturated rings. The number of unbranched alkanes of at least 4 members (excludes halogenated alkanes) is 2. The number of hydrogen-bond donors (Lipinski definition) is 0. The van der Waals surface area contributed by atoms with Crippen LogP contribution < -0.4 is 0 Å². The smallest absolute Gasteiger partial charge is 0.0466 e. The van der Waals surface area contributed by atoms with E-state index in [9.17, 15) is 0 Å². The van der Waals surface area contributed by atoms with E-state index in [0.717, 1.165) is 13.2 Å². The lowest BCUT2D eigenvalue weighted by Crippen LogP contribution is -1.98. The van der Waals surface area contributed by atoms with Gasteiger partial charge in [-0.05, 0) is 89.9 Å². The maximum atomic E-state index is 6.00. The molecule has 0 saturated heterocycles. The second-order valence-electron chi connectivity index (χ2n) is 11.0. The first-order chi connectivity index (χ1) is 16.4. The van der Waals surface area contributed by atoms with Gasteiger partial charge < -0.3 is 4.74 Å². The third kappa shape index (κ3) is 17.5. The number of rotatable bonds is 10. The van der Waals surface area contributed by atoms with Crippen molar-refractivity contribution in [1.82, 2.24) is 0 Å². The number of ether oxygens (including phenoxy) is 1. The van der Waals surface area contributed by atoms with Gasteiger partial charge in [0.15, 0.2) is 0 Å². The topological polar surface area (TPSA) is 9.23 Å². The quantitative estimate of drug-likeness (QED) is 0.233. The van der Waals surface area contributed by atoms with E-state index < -0.39 is 0 Å². The summed E-state index contributed by atoms with van der Waals surface area (Å²) in [5, 5.41) is 0. The van der Waals surface area contributed by atoms with Crippen molar-refractivity contribution in [2.75, 3.05) is 13.2 Å². The molecule has 1 heteroatoms. The van der Waals surface area contributed by atoms with Gasteiger partial charge in [-0.2, -0.15) is 0 Å². The number of hydrogen-bond acceptors (Lipinski definition) is 1. The first-order valence-electron chi connectivity index (χ1n) is 15.4. The molecule has 0 atom stereocenters. The summed E-state index contributed by atoms with van der Waals surface area (Å²) in [6, 6.07) is 0. The van der Waals surface area contributed by atoms with Crippen molar-refractivity contribution < 1.29 is 4.74 Å². The van der Waals surface area contributed by atoms with Crippen LogP contribution in [0.4, 0.5) is 0 Å². The molecule has 0 saturated carbocycles. The molecule has 0 aromatic heterocycles. The Hall–Kier alpha value is -0.560. The Balaban J connectivity index is 1.48. The fraction of sp³-hybridized carbons (Fsp3) is 0.875. The molecule has 1 nitrogen and oxygen atoms in total. The molecule has 2 aliphatic rings. The van der Waals surface area contributed by atoms with Gasteiger partial charge >= 0.3 is 0 Å². The van der Waals surface area contributed by atoms with Crippen LogP contribution in [0, 0.1) is 0 Å². The van der Waals surface area contributed by atoms with Crippen molar-refractivity contribution in [2.24, 2.45) is 0 Å². The Morgan fingerprint density at radius 1 is 0.424 bits per heavy atom. The van der Waals surface area contributed by atoms with Crippen LogP contribution in [0.15, 0.2) is 23.3 Å². The highest BCUT2D eigenvalue weighted by Crippen LogP contribution is 2.22. The molecule has 2 aliphatic carbocycles. The molecule has 0 bridgehead atoms. The van der Waals surface area contributed by atoms with Crippen LogP contribution in [0.1, 0.15) is 167 Å². The van der Waals surface area contributed by atoms with Gasteiger partial charge in [0, 0.05) is 13.2 Å². The van der Waals surface area contributed by atoms with E-state index in [4.69, 9.17) is 4.74 Å². The van der Waals surface area contributed by atoms with Gasteiger partial charge in [-0.15, -0.1) is 0 Å². The largest absolute Gasteiger partial charge is 0.381 e. The second kappa shape index (κ2) is 21.9. The second-order valence-corrected chi connectivity index (χ2v) is 11.0. The molecule has 2 rings (SSSR count). The molecule has 0 aliphatic heterocycles. The first-order valence-corrected chi connectivity index (χ1v) is 15.4. The van der Waals surface area contributed by atoms with Gasteiger partial charge in [-0.3, -0.25) is 0 Å². The Morgan fingerprint density at radius 2 is 0.788 bits per heavy atom. The van der Waals surface area contributed by atoms with Gasteiger partial charge in [0.2, 0.25) is 0 Å². The van der Waals surface area contributed by atoms with Crippen LogP contribution in [0.2, 0.25) is 0 Å². The third-order valence-electron chi connectivity index (χ3n) is 7.84. The summed E-state index contributed by atoms with van der Waals surface area (Å²) >= 11 is 0. The molecule has 0 aromatic rings. The average Bonchev–Trinajstić information content (AvgIpc) is 2.80. The van der Waals surface area contributed by atoms with Crippen molar-refractivity contribution in [1.29, 1.82) is 0 Å². The fourth-order valence-electron chi connectivity index (χ4n) is 5.60. The molecular formula is C32H58O. The van der Waals surface area contributed by atoms with Gasteiger partial charge in [-0.25, -0.2) is 0 Å². The SMILES string of the molecule is C1=C(CCCCOCCCCC2=CCCCCCCCCCC2)CCCCCCCCCC1. The van der Waals surface area contributed by atoms with Crippen LogP contribution in [0.5, 0.6) is 0 Å². The summed E-state index contributed by atoms with van der Waals surface area (Å²) in [5.41, 5.74) is 3.50. The van der Waals surface area contributed by atoms with E-state index >= 15 is 0 Å². The zero-order valence-corrected chi connectivity index (χ0v) is 22.4. The van der Waals surface area contributed by atoms with Gasteiger partial charge in [-0.1, -0.05) is 100 Å². The van der Waals surface area contributed by atoms with Crippen LogP contribution in [-0.2, 0) is 4.74 Å². The Kier molecular flexibility index (Phi) is 19.1. The minimum atomic E-state index is 0.968. The normalized spacial score (nSPS) is 21.0. The molecular weight excluding hydrogens is 400 g/mol. The highest BCUT2D eigenvalue weighted by Gasteiger charge is 2.03. The highest BCUT2D eigenvalue weighted by molar-refractivity contribution is 5.02. The number of allylic oxidation sites excluding steroid dienone is 4. The Morgan fingerprint density at radius 3 is 1.21 bits per heavy atom. The third-order valence-corrected chi connectivity index (χ3v) is 7.84. The molecule has 192 valence electrons. The minimum absolute atomic E-state index is 0.968. The van der Waals surface area contributed by atoms with Gasteiger partial charge in [0.25, 0.3) is 0 Å². The fourth-order valence-corrected chi connectivity index (χ4v) is 5.60. The minimum Gasteiger partial charge on any atom is -0.381 e. The average molecular weight is 459 g/mol. The molecule has 0 spiro atoms. The van der Waals surface area contributed by atoms with E-state index in [1.807, 2.05) is 0 Å². The van der Waals surface area contributed by atoms with E-state index in [2.05, 4.69) is 12.2 Å². The zero-order chi connectivity index (χ0) is 23.1. The summed E-state index contributed by atoms with van der Waals surface area (Å²) in [7, 11) is 0. The van der Waals surface area contributed by atoms with E-state index in [1.54, 1.807) is 11.1 Å². The maximum Gasteiger partial charge on any atom is 0.0466 e. The molecule has 0 amide bonds. The summed E-state index contributed by atoms with van der Waals surface area (Å²) in [4.78, 5) is 0. The van der Waals surface area contributed by atoms with E-state index in [0.29, 0.717) is 0 Å². The Bertz CT molecular complexity index is 445. The summed E-state index contributed by atoms with van der Waals surface area (Å²) < 4.78 is 6.00. The summed E-state index contributed by atoms with van der Waals surface area (Å²) in [6.07, 6.45) is 41.4. The highest BCUT2D eigenvalue weighted by atomic mass is 16.5. The predicted octanol–water partition coefficient (Wildman–Crippen LogP) is 11.0. The van der Waals surface area contributed by atoms with Crippen molar-refractivity contribution in [3.05, 3.63) is 23.3 Å². The van der Waals surface area contributed by atoms with Crippen molar-refractivity contribution in [3.63, 3.8) is 0 Å². The van der Waals surface area contributed by atoms with Crippen LogP contribution >= 0.6 is 0 Å². The Labute approximate surface area is 208 Å². The molecule has 0 radical (unpaired) electrons. The molecule has 0 aromatic carbocycles. The lowest BCUT2D eigenvalue weighted by molar-refractivity contribution is 0.126. The summed E-state index contributed by atoms with van der Waals surface area (Å²) in [5.74, 6) is 0. The van der Waals surface area contributed by atoms with E-state index in [1.165, 1.54) is 167 Å². The van der Waals surface area contributed by atoms with Crippen LogP contribution in [0.3, 0.4) is 0 Å². The van der Waals surface area contributed by atoms with Crippen LogP contribution in [-0.4, -0.2) is 13.2 Å². The van der Waals surface area contributed by atoms with Crippen molar-refractivity contribution in [3.8, 4) is 0 Å². The van der Waals surface area contributed by atoms with Gasteiger partial charge in [0.05, 0.1) is 0 Å². The molecule has 0 N–H and O–H groups in total. The predicted molar refractivity (Wildman–Crippen MR) is 147 cm³/mol.